The number of hydrogen-bond acceptors (Lipinski definition) is 6. The van der Waals surface area contributed by atoms with Gasteiger partial charge in [-0.15, -0.1) is 0 Å². The molecule has 0 aliphatic heterocycles. The lowest BCUT2D eigenvalue weighted by Crippen LogP contribution is -2.34. The van der Waals surface area contributed by atoms with Crippen molar-refractivity contribution in [3.8, 4) is 11.5 Å². The minimum atomic E-state index is -0.704. The molecule has 0 saturated carbocycles. The second kappa shape index (κ2) is 7.22. The van der Waals surface area contributed by atoms with Gasteiger partial charge >= 0.3 is 0 Å². The van der Waals surface area contributed by atoms with Crippen LogP contribution in [0.2, 0.25) is 0 Å². The first-order chi connectivity index (χ1) is 9.88. The zero-order valence-electron chi connectivity index (χ0n) is 11.9. The molecule has 8 heteroatoms. The molecule has 0 saturated heterocycles. The number of aldehydes is 1. The Morgan fingerprint density at radius 2 is 2.10 bits per heavy atom. The fraction of sp³-hybridized carbons (Fsp3) is 0.385. The van der Waals surface area contributed by atoms with Gasteiger partial charge in [0.1, 0.15) is 0 Å². The summed E-state index contributed by atoms with van der Waals surface area (Å²) in [5.41, 5.74) is -0.541. The van der Waals surface area contributed by atoms with Gasteiger partial charge in [0.2, 0.25) is 0 Å². The minimum absolute atomic E-state index is 0.0220. The highest BCUT2D eigenvalue weighted by Crippen LogP contribution is 2.33. The molecular formula is C13H16N2O6. The SMILES string of the molecule is COc1cc(C=O)c([N+](=O)[O-])cc1OCC(=O)NC(C)C. The fourth-order valence-corrected chi connectivity index (χ4v) is 1.60. The molecule has 0 radical (unpaired) electrons. The molecule has 1 aromatic carbocycles. The van der Waals surface area contributed by atoms with Gasteiger partial charge in [0.05, 0.1) is 23.7 Å². The van der Waals surface area contributed by atoms with Crippen molar-refractivity contribution >= 4 is 17.9 Å². The van der Waals surface area contributed by atoms with Crippen molar-refractivity contribution in [1.29, 1.82) is 0 Å². The normalized spacial score (nSPS) is 10.1. The van der Waals surface area contributed by atoms with Gasteiger partial charge < -0.3 is 14.8 Å². The first kappa shape index (κ1) is 16.4. The summed E-state index contributed by atoms with van der Waals surface area (Å²) in [4.78, 5) is 32.5. The predicted octanol–water partition coefficient (Wildman–Crippen LogP) is 1.32. The van der Waals surface area contributed by atoms with E-state index in [4.69, 9.17) is 9.47 Å². The number of methoxy groups -OCH3 is 1. The Kier molecular flexibility index (Phi) is 5.65. The van der Waals surface area contributed by atoms with E-state index in [1.54, 1.807) is 13.8 Å². The highest BCUT2D eigenvalue weighted by molar-refractivity contribution is 5.83. The Morgan fingerprint density at radius 1 is 1.43 bits per heavy atom. The number of carbonyl (C=O) groups is 2. The quantitative estimate of drug-likeness (QED) is 0.462. The molecule has 0 aliphatic rings. The molecule has 0 heterocycles. The van der Waals surface area contributed by atoms with Crippen molar-refractivity contribution in [1.82, 2.24) is 5.32 Å². The van der Waals surface area contributed by atoms with Gasteiger partial charge in [-0.05, 0) is 13.8 Å². The van der Waals surface area contributed by atoms with E-state index in [9.17, 15) is 19.7 Å². The monoisotopic (exact) mass is 296 g/mol. The molecule has 0 atom stereocenters. The molecule has 1 aromatic rings. The number of carbonyl (C=O) groups excluding carboxylic acids is 2. The summed E-state index contributed by atoms with van der Waals surface area (Å²) >= 11 is 0. The topological polar surface area (TPSA) is 108 Å². The number of amides is 1. The lowest BCUT2D eigenvalue weighted by Gasteiger charge is -2.12. The zero-order valence-corrected chi connectivity index (χ0v) is 11.9. The van der Waals surface area contributed by atoms with Crippen LogP contribution in [0.15, 0.2) is 12.1 Å². The highest BCUT2D eigenvalue weighted by atomic mass is 16.6. The lowest BCUT2D eigenvalue weighted by molar-refractivity contribution is -0.385. The molecule has 0 aliphatic carbocycles. The van der Waals surface area contributed by atoms with E-state index < -0.39 is 10.6 Å². The molecule has 0 spiro atoms. The Morgan fingerprint density at radius 3 is 2.57 bits per heavy atom. The number of nitro benzene ring substituents is 1. The highest BCUT2D eigenvalue weighted by Gasteiger charge is 2.20. The van der Waals surface area contributed by atoms with E-state index in [1.165, 1.54) is 13.2 Å². The molecule has 1 N–H and O–H groups in total. The Hall–Kier alpha value is -2.64. The van der Waals surface area contributed by atoms with Crippen molar-refractivity contribution < 1.29 is 24.0 Å². The summed E-state index contributed by atoms with van der Waals surface area (Å²) in [6.07, 6.45) is 0.357. The second-order valence-corrected chi connectivity index (χ2v) is 4.45. The van der Waals surface area contributed by atoms with Crippen molar-refractivity contribution in [3.63, 3.8) is 0 Å². The maximum atomic E-state index is 11.5. The van der Waals surface area contributed by atoms with Crippen LogP contribution in [0.5, 0.6) is 11.5 Å². The number of hydrogen-bond donors (Lipinski definition) is 1. The number of benzene rings is 1. The standard InChI is InChI=1S/C13H16N2O6/c1-8(2)14-13(17)7-21-12-5-10(15(18)19)9(6-16)4-11(12)20-3/h4-6,8H,7H2,1-3H3,(H,14,17). The summed E-state index contributed by atoms with van der Waals surface area (Å²) in [5, 5.41) is 13.5. The van der Waals surface area contributed by atoms with Crippen LogP contribution in [0.3, 0.4) is 0 Å². The van der Waals surface area contributed by atoms with E-state index >= 15 is 0 Å². The fourth-order valence-electron chi connectivity index (χ4n) is 1.60. The van der Waals surface area contributed by atoms with Gasteiger partial charge in [-0.2, -0.15) is 0 Å². The third kappa shape index (κ3) is 4.44. The average molecular weight is 296 g/mol. The number of nitrogens with zero attached hydrogens (tertiary/aromatic N) is 1. The zero-order chi connectivity index (χ0) is 16.0. The first-order valence-corrected chi connectivity index (χ1v) is 6.12. The molecule has 1 amide bonds. The predicted molar refractivity (Wildman–Crippen MR) is 73.8 cm³/mol. The van der Waals surface area contributed by atoms with Gasteiger partial charge in [0.15, 0.2) is 24.4 Å². The Labute approximate surface area is 121 Å². The third-order valence-electron chi connectivity index (χ3n) is 2.45. The Balaban J connectivity index is 3.00. The van der Waals surface area contributed by atoms with E-state index in [1.807, 2.05) is 0 Å². The van der Waals surface area contributed by atoms with Crippen molar-refractivity contribution in [2.45, 2.75) is 19.9 Å². The molecule has 0 unspecified atom stereocenters. The largest absolute Gasteiger partial charge is 0.493 e. The minimum Gasteiger partial charge on any atom is -0.493 e. The van der Waals surface area contributed by atoms with Gasteiger partial charge in [-0.25, -0.2) is 0 Å². The second-order valence-electron chi connectivity index (χ2n) is 4.45. The van der Waals surface area contributed by atoms with Crippen LogP contribution in [0, 0.1) is 10.1 Å². The molecule has 0 fully saturated rings. The van der Waals surface area contributed by atoms with Crippen LogP contribution < -0.4 is 14.8 Å². The average Bonchev–Trinajstić information content (AvgIpc) is 2.43. The van der Waals surface area contributed by atoms with E-state index in [-0.39, 0.29) is 35.6 Å². The van der Waals surface area contributed by atoms with E-state index in [2.05, 4.69) is 5.32 Å². The summed E-state index contributed by atoms with van der Waals surface area (Å²) in [7, 11) is 1.33. The molecule has 8 nitrogen and oxygen atoms in total. The number of rotatable bonds is 7. The lowest BCUT2D eigenvalue weighted by atomic mass is 10.1. The molecule has 114 valence electrons. The smallest absolute Gasteiger partial charge is 0.283 e. The molecule has 0 aromatic heterocycles. The molecule has 1 rings (SSSR count). The maximum Gasteiger partial charge on any atom is 0.283 e. The number of nitro groups is 1. The van der Waals surface area contributed by atoms with Crippen molar-refractivity contribution in [2.24, 2.45) is 0 Å². The Bertz CT molecular complexity index is 556. The van der Waals surface area contributed by atoms with E-state index in [0.29, 0.717) is 6.29 Å². The summed E-state index contributed by atoms with van der Waals surface area (Å²) in [6, 6.07) is 2.21. The van der Waals surface area contributed by atoms with Crippen LogP contribution in [-0.4, -0.2) is 36.9 Å². The molecular weight excluding hydrogens is 280 g/mol. The first-order valence-electron chi connectivity index (χ1n) is 6.12. The number of ether oxygens (including phenoxy) is 2. The summed E-state index contributed by atoms with van der Waals surface area (Å²) in [5.74, 6) is -0.206. The van der Waals surface area contributed by atoms with Crippen LogP contribution in [0.25, 0.3) is 0 Å². The summed E-state index contributed by atoms with van der Waals surface area (Å²) < 4.78 is 10.2. The molecule has 0 bridgehead atoms. The molecule has 21 heavy (non-hydrogen) atoms. The van der Waals surface area contributed by atoms with Crippen LogP contribution in [-0.2, 0) is 4.79 Å². The van der Waals surface area contributed by atoms with Gasteiger partial charge in [-0.3, -0.25) is 19.7 Å². The number of nitrogens with one attached hydrogen (secondary N) is 1. The van der Waals surface area contributed by atoms with Gasteiger partial charge in [-0.1, -0.05) is 0 Å². The summed E-state index contributed by atoms with van der Waals surface area (Å²) in [6.45, 7) is 3.27. The van der Waals surface area contributed by atoms with Crippen LogP contribution in [0.1, 0.15) is 24.2 Å². The van der Waals surface area contributed by atoms with Crippen LogP contribution >= 0.6 is 0 Å². The van der Waals surface area contributed by atoms with Crippen LogP contribution in [0.4, 0.5) is 5.69 Å². The maximum absolute atomic E-state index is 11.5. The van der Waals surface area contributed by atoms with Crippen molar-refractivity contribution in [3.05, 3.63) is 27.8 Å². The van der Waals surface area contributed by atoms with Gasteiger partial charge in [0, 0.05) is 12.1 Å². The van der Waals surface area contributed by atoms with E-state index in [0.717, 1.165) is 6.07 Å². The van der Waals surface area contributed by atoms with Gasteiger partial charge in [0.25, 0.3) is 11.6 Å². The third-order valence-corrected chi connectivity index (χ3v) is 2.45. The van der Waals surface area contributed by atoms with Crippen molar-refractivity contribution in [2.75, 3.05) is 13.7 Å².